The second-order valence-electron chi connectivity index (χ2n) is 12.6. The van der Waals surface area contributed by atoms with E-state index in [1.165, 1.54) is 0 Å². The van der Waals surface area contributed by atoms with Gasteiger partial charge in [0.2, 0.25) is 11.8 Å². The van der Waals surface area contributed by atoms with Crippen LogP contribution in [0.4, 0.5) is 0 Å². The Bertz CT molecular complexity index is 1720. The summed E-state index contributed by atoms with van der Waals surface area (Å²) in [5, 5.41) is 11.7. The Morgan fingerprint density at radius 1 is 0.686 bits per heavy atom. The predicted molar refractivity (Wildman–Crippen MR) is 198 cm³/mol. The highest BCUT2D eigenvalue weighted by atomic mass is 16.5. The summed E-state index contributed by atoms with van der Waals surface area (Å²) in [6.45, 7) is 17.0. The Balaban J connectivity index is 1.76. The molecule has 0 saturated heterocycles. The first-order chi connectivity index (χ1) is 24.4. The van der Waals surface area contributed by atoms with Crippen molar-refractivity contribution < 1.29 is 28.7 Å². The van der Waals surface area contributed by atoms with Crippen LogP contribution < -0.4 is 21.3 Å². The van der Waals surface area contributed by atoms with Crippen molar-refractivity contribution >= 4 is 35.8 Å². The average molecular weight is 699 g/mol. The molecule has 0 atom stereocenters. The van der Waals surface area contributed by atoms with Gasteiger partial charge in [0.25, 0.3) is 11.8 Å². The van der Waals surface area contributed by atoms with Gasteiger partial charge in [-0.2, -0.15) is 0 Å². The van der Waals surface area contributed by atoms with E-state index in [1.54, 1.807) is 26.4 Å². The number of aromatic amines is 2. The first kappa shape index (κ1) is 38.6. The third-order valence-corrected chi connectivity index (χ3v) is 9.41. The highest BCUT2D eigenvalue weighted by Crippen LogP contribution is 2.31. The monoisotopic (exact) mass is 698 g/mol. The Labute approximate surface area is 299 Å². The molecule has 272 valence electrons. The maximum absolute atomic E-state index is 12.8. The normalized spacial score (nSPS) is 16.0. The van der Waals surface area contributed by atoms with Gasteiger partial charge in [0.05, 0.1) is 13.2 Å². The van der Waals surface area contributed by atoms with Crippen LogP contribution in [-0.4, -0.2) is 74.1 Å². The molecule has 0 spiro atoms. The molecule has 0 saturated carbocycles. The minimum absolute atomic E-state index is 0.0818. The zero-order valence-electron chi connectivity index (χ0n) is 30.5. The topological polar surface area (TPSA) is 166 Å². The van der Waals surface area contributed by atoms with E-state index in [0.29, 0.717) is 68.1 Å². The number of nitrogens with one attached hydrogen (secondary N) is 6. The molecule has 2 aromatic heterocycles. The maximum atomic E-state index is 12.8. The number of H-pyrrole nitrogens is 2. The average Bonchev–Trinajstić information content (AvgIpc) is 3.74. The fourth-order valence-corrected chi connectivity index (χ4v) is 6.39. The molecule has 12 nitrogen and oxygen atoms in total. The lowest BCUT2D eigenvalue weighted by molar-refractivity contribution is -0.122. The summed E-state index contributed by atoms with van der Waals surface area (Å²) >= 11 is 0. The van der Waals surface area contributed by atoms with E-state index < -0.39 is 0 Å². The second kappa shape index (κ2) is 17.6. The number of carbonyl (C=O) groups excluding carboxylic acids is 4. The van der Waals surface area contributed by atoms with Crippen molar-refractivity contribution in [2.75, 3.05) is 40.5 Å². The molecule has 4 heterocycles. The Hall–Kier alpha value is -5.20. The molecule has 4 amide bonds. The van der Waals surface area contributed by atoms with E-state index in [-0.39, 0.29) is 36.5 Å². The van der Waals surface area contributed by atoms with E-state index in [1.807, 2.05) is 39.8 Å². The van der Waals surface area contributed by atoms with Gasteiger partial charge in [-0.15, -0.1) is 0 Å². The minimum atomic E-state index is -0.200. The van der Waals surface area contributed by atoms with Crippen LogP contribution in [0.2, 0.25) is 0 Å². The Morgan fingerprint density at radius 3 is 1.41 bits per heavy atom. The van der Waals surface area contributed by atoms with Crippen molar-refractivity contribution in [3.63, 3.8) is 0 Å². The molecule has 0 bridgehead atoms. The van der Waals surface area contributed by atoms with Gasteiger partial charge in [-0.05, 0) is 86.1 Å². The number of allylic oxidation sites excluding steroid dienone is 2. The number of carbonyl (C=O) groups is 4. The number of rotatable bonds is 18. The maximum Gasteiger partial charge on any atom is 0.255 e. The van der Waals surface area contributed by atoms with E-state index in [0.717, 1.165) is 56.2 Å². The van der Waals surface area contributed by atoms with Gasteiger partial charge in [-0.1, -0.05) is 25.3 Å². The summed E-state index contributed by atoms with van der Waals surface area (Å²) in [5.74, 6) is -0.563. The van der Waals surface area contributed by atoms with E-state index in [4.69, 9.17) is 9.47 Å². The van der Waals surface area contributed by atoms with Crippen LogP contribution in [-0.2, 0) is 47.9 Å². The van der Waals surface area contributed by atoms with Crippen molar-refractivity contribution in [2.24, 2.45) is 0 Å². The van der Waals surface area contributed by atoms with Crippen molar-refractivity contribution in [1.29, 1.82) is 0 Å². The summed E-state index contributed by atoms with van der Waals surface area (Å²) in [6.07, 6.45) is 8.90. The van der Waals surface area contributed by atoms with Crippen molar-refractivity contribution in [3.05, 3.63) is 104 Å². The molecule has 0 radical (unpaired) electrons. The van der Waals surface area contributed by atoms with Gasteiger partial charge in [-0.3, -0.25) is 19.2 Å². The molecule has 51 heavy (non-hydrogen) atoms. The smallest absolute Gasteiger partial charge is 0.255 e. The number of hydrogen-bond donors (Lipinski definition) is 6. The molecular formula is C39H50N6O6. The van der Waals surface area contributed by atoms with Gasteiger partial charge < -0.3 is 40.7 Å². The summed E-state index contributed by atoms with van der Waals surface area (Å²) in [5.41, 5.74) is 11.4. The third kappa shape index (κ3) is 9.13. The molecule has 2 aliphatic rings. The molecule has 0 aromatic carbocycles. The number of ether oxygens (including phenoxy) is 2. The lowest BCUT2D eigenvalue weighted by Crippen LogP contribution is -2.27. The SMILES string of the molecule is C=CC1=C(C)/C(=C/c2[nH]c(Cc3[nH]c(/C=C4\NC(=O)C(C=C)=C4C)c(C)c3CCC(=O)NCCOC)c(CCC(=O)NCCOC)c2C)NC1=O. The van der Waals surface area contributed by atoms with E-state index >= 15 is 0 Å². The van der Waals surface area contributed by atoms with Crippen molar-refractivity contribution in [3.8, 4) is 0 Å². The zero-order valence-corrected chi connectivity index (χ0v) is 30.5. The molecule has 12 heteroatoms. The summed E-state index contributed by atoms with van der Waals surface area (Å²) in [6, 6.07) is 0. The van der Waals surface area contributed by atoms with E-state index in [2.05, 4.69) is 44.4 Å². The lowest BCUT2D eigenvalue weighted by Gasteiger charge is -2.09. The first-order valence-corrected chi connectivity index (χ1v) is 17.1. The first-order valence-electron chi connectivity index (χ1n) is 17.1. The van der Waals surface area contributed by atoms with Crippen LogP contribution in [0.5, 0.6) is 0 Å². The molecule has 4 rings (SSSR count). The number of aromatic nitrogens is 2. The molecule has 0 unspecified atom stereocenters. The predicted octanol–water partition coefficient (Wildman–Crippen LogP) is 3.89. The van der Waals surface area contributed by atoms with Gasteiger partial charge in [-0.25, -0.2) is 0 Å². The van der Waals surface area contributed by atoms with Gasteiger partial charge in [0, 0.05) is 91.9 Å². The van der Waals surface area contributed by atoms with Crippen LogP contribution in [0, 0.1) is 13.8 Å². The standard InChI is InChI=1S/C39H50N6O6/c1-9-26-22(3)32(44-38(26)48)19-30-24(5)28(11-13-36(46)40-15-17-50-7)34(42-30)21-35-29(12-14-37(47)41-16-18-51-8)25(6)31(43-35)20-33-23(4)27(10-2)39(49)45-33/h9-10,19-20,42-43H,1-2,11-18,21H2,3-8H3,(H,40,46)(H,41,47)(H,44,48)(H,45,49)/b32-19-,33-20-. The third-order valence-electron chi connectivity index (χ3n) is 9.41. The van der Waals surface area contributed by atoms with Crippen molar-refractivity contribution in [1.82, 2.24) is 31.2 Å². The quantitative estimate of drug-likeness (QED) is 0.129. The number of methoxy groups -OCH3 is 2. The Morgan fingerprint density at radius 2 is 1.08 bits per heavy atom. The van der Waals surface area contributed by atoms with Crippen LogP contribution in [0.3, 0.4) is 0 Å². The summed E-state index contributed by atoms with van der Waals surface area (Å²) in [4.78, 5) is 57.8. The van der Waals surface area contributed by atoms with Crippen LogP contribution in [0.1, 0.15) is 71.7 Å². The van der Waals surface area contributed by atoms with Crippen LogP contribution in [0.15, 0.2) is 59.0 Å². The molecule has 6 N–H and O–H groups in total. The molecule has 0 fully saturated rings. The molecular weight excluding hydrogens is 648 g/mol. The van der Waals surface area contributed by atoms with Gasteiger partial charge in [0.1, 0.15) is 0 Å². The minimum Gasteiger partial charge on any atom is -0.383 e. The fraction of sp³-hybridized carbons (Fsp3) is 0.385. The fourth-order valence-electron chi connectivity index (χ4n) is 6.39. The lowest BCUT2D eigenvalue weighted by atomic mass is 9.98. The van der Waals surface area contributed by atoms with Crippen molar-refractivity contribution in [2.45, 2.75) is 59.8 Å². The second-order valence-corrected chi connectivity index (χ2v) is 12.6. The molecule has 0 aliphatic carbocycles. The highest BCUT2D eigenvalue weighted by molar-refractivity contribution is 6.04. The van der Waals surface area contributed by atoms with Crippen LogP contribution in [0.25, 0.3) is 12.2 Å². The van der Waals surface area contributed by atoms with Gasteiger partial charge >= 0.3 is 0 Å². The molecule has 2 aliphatic heterocycles. The highest BCUT2D eigenvalue weighted by Gasteiger charge is 2.25. The largest absolute Gasteiger partial charge is 0.383 e. The number of amides is 4. The number of hydrogen-bond acceptors (Lipinski definition) is 6. The van der Waals surface area contributed by atoms with E-state index in [9.17, 15) is 19.2 Å². The zero-order chi connectivity index (χ0) is 37.2. The van der Waals surface area contributed by atoms with Crippen LogP contribution >= 0.6 is 0 Å². The molecule has 2 aromatic rings. The van der Waals surface area contributed by atoms with Gasteiger partial charge in [0.15, 0.2) is 0 Å². The Kier molecular flexibility index (Phi) is 13.4. The summed E-state index contributed by atoms with van der Waals surface area (Å²) < 4.78 is 10.1. The summed E-state index contributed by atoms with van der Waals surface area (Å²) in [7, 11) is 3.18.